The molecule has 0 spiro atoms. The van der Waals surface area contributed by atoms with Crippen molar-refractivity contribution >= 4 is 5.78 Å². The molecule has 1 heterocycles. The molecule has 1 aromatic carbocycles. The molecule has 0 unspecified atom stereocenters. The molecule has 0 aliphatic rings. The van der Waals surface area contributed by atoms with Crippen LogP contribution in [-0.2, 0) is 6.42 Å². The Labute approximate surface area is 104 Å². The fourth-order valence-electron chi connectivity index (χ4n) is 1.71. The zero-order valence-corrected chi connectivity index (χ0v) is 9.98. The van der Waals surface area contributed by atoms with E-state index >= 15 is 0 Å². The number of benzene rings is 1. The number of hydrogen-bond donors (Lipinski definition) is 0. The van der Waals surface area contributed by atoms with Gasteiger partial charge in [0.15, 0.2) is 17.3 Å². The maximum atomic E-state index is 13.8. The number of carbonyl (C=O) groups is 1. The lowest BCUT2D eigenvalue weighted by atomic mass is 10.0. The normalized spacial score (nSPS) is 10.3. The van der Waals surface area contributed by atoms with E-state index in [2.05, 4.69) is 0 Å². The van der Waals surface area contributed by atoms with E-state index in [1.54, 1.807) is 24.5 Å². The molecule has 4 heteroatoms. The first-order chi connectivity index (χ1) is 8.72. The van der Waals surface area contributed by atoms with Crippen molar-refractivity contribution in [1.82, 2.24) is 0 Å². The maximum absolute atomic E-state index is 13.8. The van der Waals surface area contributed by atoms with Crippen molar-refractivity contribution < 1.29 is 18.3 Å². The first-order valence-electron chi connectivity index (χ1n) is 5.60. The van der Waals surface area contributed by atoms with E-state index in [-0.39, 0.29) is 23.5 Å². The number of Topliss-reactive ketones (excluding diaryl/α,β-unsaturated/α-hetero) is 1. The SMILES string of the molecule is COc1cccc(C(=O)CCc2ccco2)c1F. The summed E-state index contributed by atoms with van der Waals surface area (Å²) in [6, 6.07) is 8.09. The van der Waals surface area contributed by atoms with Crippen LogP contribution in [0, 0.1) is 5.82 Å². The minimum absolute atomic E-state index is 0.0564. The number of ether oxygens (including phenoxy) is 1. The summed E-state index contributed by atoms with van der Waals surface area (Å²) in [6.07, 6.45) is 2.21. The van der Waals surface area contributed by atoms with Crippen LogP contribution in [-0.4, -0.2) is 12.9 Å². The minimum Gasteiger partial charge on any atom is -0.494 e. The van der Waals surface area contributed by atoms with Gasteiger partial charge in [0, 0.05) is 12.8 Å². The third-order valence-electron chi connectivity index (χ3n) is 2.66. The Morgan fingerprint density at radius 3 is 2.83 bits per heavy atom. The van der Waals surface area contributed by atoms with Crippen molar-refractivity contribution in [1.29, 1.82) is 0 Å². The van der Waals surface area contributed by atoms with Crippen LogP contribution in [0.4, 0.5) is 4.39 Å². The molecule has 0 saturated carbocycles. The lowest BCUT2D eigenvalue weighted by Crippen LogP contribution is -2.05. The van der Waals surface area contributed by atoms with E-state index in [1.165, 1.54) is 19.2 Å². The van der Waals surface area contributed by atoms with Crippen LogP contribution in [0.15, 0.2) is 41.0 Å². The summed E-state index contributed by atoms with van der Waals surface area (Å²) in [7, 11) is 1.37. The highest BCUT2D eigenvalue weighted by atomic mass is 19.1. The molecule has 18 heavy (non-hydrogen) atoms. The summed E-state index contributed by atoms with van der Waals surface area (Å²) in [5.74, 6) is -0.0715. The second kappa shape index (κ2) is 5.49. The van der Waals surface area contributed by atoms with Gasteiger partial charge < -0.3 is 9.15 Å². The summed E-state index contributed by atoms with van der Waals surface area (Å²) in [6.45, 7) is 0. The maximum Gasteiger partial charge on any atom is 0.175 e. The Morgan fingerprint density at radius 1 is 1.33 bits per heavy atom. The fraction of sp³-hybridized carbons (Fsp3) is 0.214. The third-order valence-corrected chi connectivity index (χ3v) is 2.66. The molecular formula is C14H13FO3. The van der Waals surface area contributed by atoms with Crippen molar-refractivity contribution in [3.05, 3.63) is 53.7 Å². The Balaban J connectivity index is 2.09. The van der Waals surface area contributed by atoms with Crippen LogP contribution < -0.4 is 4.74 Å². The van der Waals surface area contributed by atoms with Crippen LogP contribution >= 0.6 is 0 Å². The van der Waals surface area contributed by atoms with Gasteiger partial charge in [0.2, 0.25) is 0 Å². The average Bonchev–Trinajstić information content (AvgIpc) is 2.89. The van der Waals surface area contributed by atoms with Crippen molar-refractivity contribution in [2.75, 3.05) is 7.11 Å². The Bertz CT molecular complexity index is 532. The second-order valence-electron chi connectivity index (χ2n) is 3.82. The first kappa shape index (κ1) is 12.4. The molecule has 0 aliphatic carbocycles. The quantitative estimate of drug-likeness (QED) is 0.762. The summed E-state index contributed by atoms with van der Waals surface area (Å²) in [5, 5.41) is 0. The van der Waals surface area contributed by atoms with Gasteiger partial charge in [-0.2, -0.15) is 0 Å². The van der Waals surface area contributed by atoms with Crippen LogP contribution in [0.2, 0.25) is 0 Å². The zero-order valence-electron chi connectivity index (χ0n) is 9.98. The van der Waals surface area contributed by atoms with Gasteiger partial charge in [0.05, 0.1) is 18.9 Å². The number of aryl methyl sites for hydroxylation is 1. The summed E-state index contributed by atoms with van der Waals surface area (Å²) < 4.78 is 23.8. The van der Waals surface area contributed by atoms with Crippen molar-refractivity contribution in [2.45, 2.75) is 12.8 Å². The van der Waals surface area contributed by atoms with Gasteiger partial charge in [-0.05, 0) is 24.3 Å². The number of ketones is 1. The standard InChI is InChI=1S/C14H13FO3/c1-17-13-6-2-5-11(14(13)15)12(16)8-7-10-4-3-9-18-10/h2-6,9H,7-8H2,1H3. The smallest absolute Gasteiger partial charge is 0.175 e. The van der Waals surface area contributed by atoms with Gasteiger partial charge in [0.25, 0.3) is 0 Å². The Morgan fingerprint density at radius 2 is 2.17 bits per heavy atom. The molecule has 3 nitrogen and oxygen atoms in total. The number of furan rings is 1. The summed E-state index contributed by atoms with van der Waals surface area (Å²) in [4.78, 5) is 11.9. The molecule has 0 amide bonds. The molecular weight excluding hydrogens is 235 g/mol. The predicted molar refractivity (Wildman–Crippen MR) is 64.3 cm³/mol. The van der Waals surface area contributed by atoms with Crippen LogP contribution in [0.25, 0.3) is 0 Å². The van der Waals surface area contributed by atoms with E-state index in [1.807, 2.05) is 0 Å². The lowest BCUT2D eigenvalue weighted by molar-refractivity contribution is 0.0976. The topological polar surface area (TPSA) is 39.4 Å². The van der Waals surface area contributed by atoms with Gasteiger partial charge in [-0.1, -0.05) is 6.07 Å². The first-order valence-corrected chi connectivity index (χ1v) is 5.60. The monoisotopic (exact) mass is 248 g/mol. The average molecular weight is 248 g/mol. The van der Waals surface area contributed by atoms with E-state index in [4.69, 9.17) is 9.15 Å². The van der Waals surface area contributed by atoms with Crippen LogP contribution in [0.5, 0.6) is 5.75 Å². The molecule has 2 rings (SSSR count). The summed E-state index contributed by atoms with van der Waals surface area (Å²) >= 11 is 0. The molecule has 0 saturated heterocycles. The number of carbonyl (C=O) groups excluding carboxylic acids is 1. The molecule has 0 bridgehead atoms. The van der Waals surface area contributed by atoms with Crippen molar-refractivity contribution in [3.8, 4) is 5.75 Å². The highest BCUT2D eigenvalue weighted by Gasteiger charge is 2.15. The Hall–Kier alpha value is -2.10. The highest BCUT2D eigenvalue weighted by molar-refractivity contribution is 5.96. The molecule has 94 valence electrons. The minimum atomic E-state index is -0.607. The van der Waals surface area contributed by atoms with Gasteiger partial charge in [-0.15, -0.1) is 0 Å². The van der Waals surface area contributed by atoms with Crippen molar-refractivity contribution in [2.24, 2.45) is 0 Å². The van der Waals surface area contributed by atoms with Gasteiger partial charge in [-0.3, -0.25) is 4.79 Å². The molecule has 1 aromatic heterocycles. The van der Waals surface area contributed by atoms with E-state index < -0.39 is 5.82 Å². The summed E-state index contributed by atoms with van der Waals surface area (Å²) in [5.41, 5.74) is 0.0564. The lowest BCUT2D eigenvalue weighted by Gasteiger charge is -2.06. The number of halogens is 1. The van der Waals surface area contributed by atoms with Crippen LogP contribution in [0.3, 0.4) is 0 Å². The second-order valence-corrected chi connectivity index (χ2v) is 3.82. The number of methoxy groups -OCH3 is 1. The Kier molecular flexibility index (Phi) is 3.77. The van der Waals surface area contributed by atoms with Crippen LogP contribution in [0.1, 0.15) is 22.5 Å². The molecule has 0 fully saturated rings. The highest BCUT2D eigenvalue weighted by Crippen LogP contribution is 2.21. The predicted octanol–water partition coefficient (Wildman–Crippen LogP) is 3.24. The van der Waals surface area contributed by atoms with Gasteiger partial charge in [-0.25, -0.2) is 4.39 Å². The molecule has 0 atom stereocenters. The molecule has 0 aliphatic heterocycles. The fourth-order valence-corrected chi connectivity index (χ4v) is 1.71. The van der Waals surface area contributed by atoms with E-state index in [9.17, 15) is 9.18 Å². The van der Waals surface area contributed by atoms with E-state index in [0.717, 1.165) is 0 Å². The van der Waals surface area contributed by atoms with Gasteiger partial charge >= 0.3 is 0 Å². The van der Waals surface area contributed by atoms with Crippen molar-refractivity contribution in [3.63, 3.8) is 0 Å². The third kappa shape index (κ3) is 2.59. The largest absolute Gasteiger partial charge is 0.494 e. The number of rotatable bonds is 5. The molecule has 2 aromatic rings. The van der Waals surface area contributed by atoms with E-state index in [0.29, 0.717) is 12.2 Å². The number of hydrogen-bond acceptors (Lipinski definition) is 3. The zero-order chi connectivity index (χ0) is 13.0. The van der Waals surface area contributed by atoms with Gasteiger partial charge in [0.1, 0.15) is 5.76 Å². The molecule has 0 N–H and O–H groups in total. The molecule has 0 radical (unpaired) electrons.